The second-order valence-electron chi connectivity index (χ2n) is 7.82. The number of rotatable bonds is 7. The standard InChI is InChI=1S/C25H23N3O5/c1-32-20-10-15-17(13-28(8-5-9-29)19(15)11-21(20)33-2)23-22(24(30)27-25(23)31)16-12-26-18-7-4-3-6-14(16)18/h3-4,6-7,10-13,26,29H,5,8-9H2,1-2H3,(H,27,30,31). The lowest BCUT2D eigenvalue weighted by atomic mass is 9.95. The van der Waals surface area contributed by atoms with E-state index in [0.717, 1.165) is 21.8 Å². The zero-order valence-electron chi connectivity index (χ0n) is 18.3. The first-order valence-corrected chi connectivity index (χ1v) is 10.6. The van der Waals surface area contributed by atoms with Gasteiger partial charge in [-0.05, 0) is 18.6 Å². The van der Waals surface area contributed by atoms with Crippen LogP contribution in [0.2, 0.25) is 0 Å². The number of para-hydroxylation sites is 1. The zero-order valence-corrected chi connectivity index (χ0v) is 18.3. The number of aromatic nitrogens is 2. The lowest BCUT2D eigenvalue weighted by Gasteiger charge is -2.10. The monoisotopic (exact) mass is 445 g/mol. The number of imide groups is 1. The number of fused-ring (bicyclic) bond motifs is 2. The van der Waals surface area contributed by atoms with Crippen LogP contribution >= 0.6 is 0 Å². The molecule has 2 aromatic carbocycles. The topological polar surface area (TPSA) is 106 Å². The van der Waals surface area contributed by atoms with E-state index in [4.69, 9.17) is 9.47 Å². The molecule has 1 aliphatic heterocycles. The van der Waals surface area contributed by atoms with E-state index in [1.54, 1.807) is 20.4 Å². The predicted molar refractivity (Wildman–Crippen MR) is 125 cm³/mol. The number of carbonyl (C=O) groups is 2. The molecule has 0 unspecified atom stereocenters. The van der Waals surface area contributed by atoms with Gasteiger partial charge in [0, 0.05) is 59.0 Å². The van der Waals surface area contributed by atoms with Crippen molar-refractivity contribution >= 4 is 44.8 Å². The number of ether oxygens (including phenoxy) is 2. The lowest BCUT2D eigenvalue weighted by Crippen LogP contribution is -2.22. The minimum absolute atomic E-state index is 0.0323. The average molecular weight is 445 g/mol. The third-order valence-corrected chi connectivity index (χ3v) is 6.00. The molecule has 0 fully saturated rings. The summed E-state index contributed by atoms with van der Waals surface area (Å²) in [5.74, 6) is 0.190. The smallest absolute Gasteiger partial charge is 0.259 e. The van der Waals surface area contributed by atoms with Crippen LogP contribution in [0.25, 0.3) is 33.0 Å². The first-order valence-electron chi connectivity index (χ1n) is 10.6. The number of aliphatic hydroxyl groups excluding tert-OH is 1. The molecule has 5 rings (SSSR count). The highest BCUT2D eigenvalue weighted by atomic mass is 16.5. The van der Waals surface area contributed by atoms with Crippen LogP contribution in [0.3, 0.4) is 0 Å². The van der Waals surface area contributed by atoms with Gasteiger partial charge in [-0.15, -0.1) is 0 Å². The van der Waals surface area contributed by atoms with Gasteiger partial charge < -0.3 is 24.1 Å². The fraction of sp³-hybridized carbons (Fsp3) is 0.200. The Kier molecular flexibility index (Phi) is 5.14. The summed E-state index contributed by atoms with van der Waals surface area (Å²) in [6.07, 6.45) is 4.14. The van der Waals surface area contributed by atoms with Gasteiger partial charge in [0.05, 0.1) is 30.9 Å². The van der Waals surface area contributed by atoms with E-state index >= 15 is 0 Å². The molecule has 168 valence electrons. The van der Waals surface area contributed by atoms with Crippen LogP contribution in [0.4, 0.5) is 0 Å². The number of benzene rings is 2. The summed E-state index contributed by atoms with van der Waals surface area (Å²) in [4.78, 5) is 29.2. The second-order valence-corrected chi connectivity index (χ2v) is 7.82. The van der Waals surface area contributed by atoms with Gasteiger partial charge in [-0.2, -0.15) is 0 Å². The zero-order chi connectivity index (χ0) is 23.1. The van der Waals surface area contributed by atoms with Crippen molar-refractivity contribution < 1.29 is 24.2 Å². The molecule has 2 aromatic heterocycles. The third-order valence-electron chi connectivity index (χ3n) is 6.00. The van der Waals surface area contributed by atoms with Crippen LogP contribution < -0.4 is 14.8 Å². The molecule has 1 aliphatic rings. The second kappa shape index (κ2) is 8.14. The molecule has 8 heteroatoms. The van der Waals surface area contributed by atoms with Crippen molar-refractivity contribution in [3.63, 3.8) is 0 Å². The third kappa shape index (κ3) is 3.27. The van der Waals surface area contributed by atoms with Gasteiger partial charge in [-0.3, -0.25) is 14.9 Å². The molecule has 0 bridgehead atoms. The van der Waals surface area contributed by atoms with E-state index in [1.165, 1.54) is 0 Å². The van der Waals surface area contributed by atoms with Crippen molar-refractivity contribution in [2.45, 2.75) is 13.0 Å². The molecule has 0 radical (unpaired) electrons. The summed E-state index contributed by atoms with van der Waals surface area (Å²) in [5, 5.41) is 13.4. The summed E-state index contributed by atoms with van der Waals surface area (Å²) < 4.78 is 12.9. The van der Waals surface area contributed by atoms with Crippen LogP contribution in [-0.2, 0) is 16.1 Å². The predicted octanol–water partition coefficient (Wildman–Crippen LogP) is 3.09. The Morgan fingerprint density at radius 1 is 0.939 bits per heavy atom. The summed E-state index contributed by atoms with van der Waals surface area (Å²) >= 11 is 0. The van der Waals surface area contributed by atoms with Crippen LogP contribution in [-0.4, -0.2) is 47.3 Å². The van der Waals surface area contributed by atoms with E-state index in [9.17, 15) is 14.7 Å². The van der Waals surface area contributed by atoms with Crippen molar-refractivity contribution in [1.82, 2.24) is 14.9 Å². The van der Waals surface area contributed by atoms with Gasteiger partial charge in [0.2, 0.25) is 0 Å². The number of nitrogens with one attached hydrogen (secondary N) is 2. The van der Waals surface area contributed by atoms with E-state index in [-0.39, 0.29) is 6.61 Å². The Hall–Kier alpha value is -4.04. The van der Waals surface area contributed by atoms with Crippen molar-refractivity contribution in [1.29, 1.82) is 0 Å². The molecule has 0 saturated carbocycles. The first kappa shape index (κ1) is 20.8. The molecule has 0 atom stereocenters. The number of amides is 2. The molecule has 2 amide bonds. The highest BCUT2D eigenvalue weighted by Gasteiger charge is 2.35. The SMILES string of the molecule is COc1cc2c(C3=C(c4c[nH]c5ccccc45)C(=O)NC3=O)cn(CCCO)c2cc1OC. The maximum Gasteiger partial charge on any atom is 0.259 e. The Labute approximate surface area is 189 Å². The number of aromatic amines is 1. The Morgan fingerprint density at radius 3 is 2.36 bits per heavy atom. The molecule has 0 saturated heterocycles. The molecule has 33 heavy (non-hydrogen) atoms. The molecule has 8 nitrogen and oxygen atoms in total. The Bertz CT molecular complexity index is 1440. The van der Waals surface area contributed by atoms with E-state index in [0.29, 0.717) is 46.7 Å². The Balaban J connectivity index is 1.82. The highest BCUT2D eigenvalue weighted by Crippen LogP contribution is 2.41. The largest absolute Gasteiger partial charge is 0.493 e. The van der Waals surface area contributed by atoms with Gasteiger partial charge >= 0.3 is 0 Å². The molecule has 3 heterocycles. The molecule has 4 aromatic rings. The minimum atomic E-state index is -0.448. The van der Waals surface area contributed by atoms with E-state index < -0.39 is 11.8 Å². The highest BCUT2D eigenvalue weighted by molar-refractivity contribution is 6.50. The summed E-state index contributed by atoms with van der Waals surface area (Å²) in [5.41, 5.74) is 3.61. The van der Waals surface area contributed by atoms with Crippen LogP contribution in [0.5, 0.6) is 11.5 Å². The molecular formula is C25H23N3O5. The first-order chi connectivity index (χ1) is 16.1. The normalized spacial score (nSPS) is 13.9. The van der Waals surface area contributed by atoms with Gasteiger partial charge in [-0.1, -0.05) is 18.2 Å². The number of aliphatic hydroxyl groups is 1. The fourth-order valence-electron chi connectivity index (χ4n) is 4.49. The average Bonchev–Trinajstić information content (AvgIpc) is 3.49. The Morgan fingerprint density at radius 2 is 1.64 bits per heavy atom. The van der Waals surface area contributed by atoms with Crippen LogP contribution in [0.15, 0.2) is 48.8 Å². The number of nitrogens with zero attached hydrogens (tertiary/aromatic N) is 1. The number of methoxy groups -OCH3 is 2. The van der Waals surface area contributed by atoms with Crippen molar-refractivity contribution in [2.24, 2.45) is 0 Å². The number of H-pyrrole nitrogens is 1. The maximum atomic E-state index is 13.1. The van der Waals surface area contributed by atoms with E-state index in [1.807, 2.05) is 47.2 Å². The summed E-state index contributed by atoms with van der Waals surface area (Å²) in [6.45, 7) is 0.568. The summed E-state index contributed by atoms with van der Waals surface area (Å²) in [6, 6.07) is 11.3. The molecule has 0 spiro atoms. The summed E-state index contributed by atoms with van der Waals surface area (Å²) in [7, 11) is 3.11. The minimum Gasteiger partial charge on any atom is -0.493 e. The van der Waals surface area contributed by atoms with Crippen LogP contribution in [0, 0.1) is 0 Å². The van der Waals surface area contributed by atoms with Crippen molar-refractivity contribution in [3.05, 3.63) is 59.9 Å². The van der Waals surface area contributed by atoms with E-state index in [2.05, 4.69) is 10.3 Å². The van der Waals surface area contributed by atoms with Gasteiger partial charge in [0.1, 0.15) is 0 Å². The number of carbonyl (C=O) groups excluding carboxylic acids is 2. The van der Waals surface area contributed by atoms with Crippen molar-refractivity contribution in [3.8, 4) is 11.5 Å². The number of hydrogen-bond acceptors (Lipinski definition) is 5. The molecule has 0 aliphatic carbocycles. The van der Waals surface area contributed by atoms with Crippen LogP contribution in [0.1, 0.15) is 17.5 Å². The van der Waals surface area contributed by atoms with Gasteiger partial charge in [0.25, 0.3) is 11.8 Å². The fourth-order valence-corrected chi connectivity index (χ4v) is 4.49. The number of hydrogen-bond donors (Lipinski definition) is 3. The van der Waals surface area contributed by atoms with Crippen molar-refractivity contribution in [2.75, 3.05) is 20.8 Å². The maximum absolute atomic E-state index is 13.1. The quantitative estimate of drug-likeness (QED) is 0.379. The lowest BCUT2D eigenvalue weighted by molar-refractivity contribution is -0.122. The number of aryl methyl sites for hydroxylation is 1. The van der Waals surface area contributed by atoms with Gasteiger partial charge in [0.15, 0.2) is 11.5 Å². The van der Waals surface area contributed by atoms with Gasteiger partial charge in [-0.25, -0.2) is 0 Å². The molecule has 3 N–H and O–H groups in total. The molecular weight excluding hydrogens is 422 g/mol.